The first-order valence-electron chi connectivity index (χ1n) is 5.65. The topological polar surface area (TPSA) is 54.7 Å². The Labute approximate surface area is 110 Å². The SMILES string of the molecule is Cc1ccc(Cl)c(-c2ccc3c(N)n[nH]c3c2)c1. The van der Waals surface area contributed by atoms with Crippen molar-refractivity contribution in [1.29, 1.82) is 0 Å². The third-order valence-electron chi connectivity index (χ3n) is 3.03. The Hall–Kier alpha value is -2.00. The summed E-state index contributed by atoms with van der Waals surface area (Å²) < 4.78 is 0. The second kappa shape index (κ2) is 4.03. The fraction of sp³-hybridized carbons (Fsp3) is 0.0714. The highest BCUT2D eigenvalue weighted by molar-refractivity contribution is 6.33. The zero-order valence-corrected chi connectivity index (χ0v) is 10.6. The lowest BCUT2D eigenvalue weighted by atomic mass is 10.0. The maximum atomic E-state index is 6.24. The number of H-pyrrole nitrogens is 1. The van der Waals surface area contributed by atoms with E-state index in [1.165, 1.54) is 5.56 Å². The van der Waals surface area contributed by atoms with Crippen LogP contribution in [0.5, 0.6) is 0 Å². The number of nitrogen functional groups attached to an aromatic ring is 1. The second-order valence-electron chi connectivity index (χ2n) is 4.35. The smallest absolute Gasteiger partial charge is 0.153 e. The maximum Gasteiger partial charge on any atom is 0.153 e. The van der Waals surface area contributed by atoms with Crippen LogP contribution in [-0.4, -0.2) is 10.2 Å². The molecule has 0 radical (unpaired) electrons. The van der Waals surface area contributed by atoms with Gasteiger partial charge < -0.3 is 5.73 Å². The van der Waals surface area contributed by atoms with E-state index >= 15 is 0 Å². The van der Waals surface area contributed by atoms with Gasteiger partial charge >= 0.3 is 0 Å². The molecule has 0 fully saturated rings. The van der Waals surface area contributed by atoms with Gasteiger partial charge in [0.1, 0.15) is 0 Å². The van der Waals surface area contributed by atoms with E-state index in [1.54, 1.807) is 0 Å². The summed E-state index contributed by atoms with van der Waals surface area (Å²) in [6.45, 7) is 2.05. The first-order valence-corrected chi connectivity index (χ1v) is 6.03. The van der Waals surface area contributed by atoms with E-state index in [4.69, 9.17) is 17.3 Å². The molecule has 1 aromatic heterocycles. The van der Waals surface area contributed by atoms with Gasteiger partial charge in [-0.05, 0) is 36.8 Å². The number of benzene rings is 2. The van der Waals surface area contributed by atoms with Crippen LogP contribution in [-0.2, 0) is 0 Å². The number of hydrogen-bond donors (Lipinski definition) is 2. The van der Waals surface area contributed by atoms with Gasteiger partial charge in [0.05, 0.1) is 5.52 Å². The van der Waals surface area contributed by atoms with Crippen molar-refractivity contribution in [1.82, 2.24) is 10.2 Å². The molecule has 0 bridgehead atoms. The van der Waals surface area contributed by atoms with E-state index in [-0.39, 0.29) is 0 Å². The van der Waals surface area contributed by atoms with E-state index in [9.17, 15) is 0 Å². The van der Waals surface area contributed by atoms with E-state index in [2.05, 4.69) is 16.3 Å². The third-order valence-corrected chi connectivity index (χ3v) is 3.35. The average Bonchev–Trinajstić information content (AvgIpc) is 2.74. The van der Waals surface area contributed by atoms with Crippen molar-refractivity contribution in [3.8, 4) is 11.1 Å². The molecule has 0 saturated carbocycles. The van der Waals surface area contributed by atoms with Crippen molar-refractivity contribution in [3.63, 3.8) is 0 Å². The van der Waals surface area contributed by atoms with Crippen LogP contribution in [0.3, 0.4) is 0 Å². The largest absolute Gasteiger partial charge is 0.382 e. The maximum absolute atomic E-state index is 6.24. The highest BCUT2D eigenvalue weighted by atomic mass is 35.5. The number of aromatic amines is 1. The molecular formula is C14H12ClN3. The van der Waals surface area contributed by atoms with Crippen LogP contribution in [0.2, 0.25) is 5.02 Å². The molecule has 0 spiro atoms. The molecule has 3 aromatic rings. The van der Waals surface area contributed by atoms with E-state index in [0.29, 0.717) is 5.82 Å². The molecule has 3 rings (SSSR count). The zero-order chi connectivity index (χ0) is 12.7. The number of nitrogens with two attached hydrogens (primary N) is 1. The Morgan fingerprint density at radius 2 is 2.00 bits per heavy atom. The van der Waals surface area contributed by atoms with Crippen LogP contribution < -0.4 is 5.73 Å². The number of nitrogens with one attached hydrogen (secondary N) is 1. The first-order chi connectivity index (χ1) is 8.65. The third kappa shape index (κ3) is 1.73. The molecule has 0 amide bonds. The highest BCUT2D eigenvalue weighted by Gasteiger charge is 2.07. The van der Waals surface area contributed by atoms with Crippen LogP contribution in [0.4, 0.5) is 5.82 Å². The zero-order valence-electron chi connectivity index (χ0n) is 9.87. The molecule has 1 heterocycles. The summed E-state index contributed by atoms with van der Waals surface area (Å²) >= 11 is 6.24. The number of fused-ring (bicyclic) bond motifs is 1. The minimum Gasteiger partial charge on any atom is -0.382 e. The van der Waals surface area contributed by atoms with E-state index < -0.39 is 0 Å². The minimum atomic E-state index is 0.520. The van der Waals surface area contributed by atoms with Crippen molar-refractivity contribution in [2.75, 3.05) is 5.73 Å². The summed E-state index contributed by atoms with van der Waals surface area (Å²) in [6.07, 6.45) is 0. The van der Waals surface area contributed by atoms with Crippen LogP contribution in [0.25, 0.3) is 22.0 Å². The number of hydrogen-bond acceptors (Lipinski definition) is 2. The number of nitrogens with zero attached hydrogens (tertiary/aromatic N) is 1. The Morgan fingerprint density at radius 3 is 2.83 bits per heavy atom. The van der Waals surface area contributed by atoms with Crippen molar-refractivity contribution in [3.05, 3.63) is 47.0 Å². The molecule has 4 heteroatoms. The van der Waals surface area contributed by atoms with Gasteiger partial charge in [-0.3, -0.25) is 5.10 Å². The number of rotatable bonds is 1. The lowest BCUT2D eigenvalue weighted by molar-refractivity contribution is 1.13. The predicted octanol–water partition coefficient (Wildman–Crippen LogP) is 3.77. The van der Waals surface area contributed by atoms with Crippen LogP contribution in [0.1, 0.15) is 5.56 Å². The van der Waals surface area contributed by atoms with Gasteiger partial charge in [0.25, 0.3) is 0 Å². The molecule has 0 saturated heterocycles. The summed E-state index contributed by atoms with van der Waals surface area (Å²) in [4.78, 5) is 0. The summed E-state index contributed by atoms with van der Waals surface area (Å²) in [5.41, 5.74) is 9.92. The van der Waals surface area contributed by atoms with Gasteiger partial charge in [-0.1, -0.05) is 29.3 Å². The standard InChI is InChI=1S/C14H12ClN3/c1-8-2-5-12(15)11(6-8)9-3-4-10-13(7-9)17-18-14(10)16/h2-7H,1H3,(H3,16,17,18). The normalized spacial score (nSPS) is 11.0. The Kier molecular flexibility index (Phi) is 2.49. The van der Waals surface area contributed by atoms with E-state index in [1.807, 2.05) is 37.3 Å². The van der Waals surface area contributed by atoms with Gasteiger partial charge in [0.2, 0.25) is 0 Å². The van der Waals surface area contributed by atoms with Crippen molar-refractivity contribution >= 4 is 28.3 Å². The molecule has 3 nitrogen and oxygen atoms in total. The molecule has 2 aromatic carbocycles. The lowest BCUT2D eigenvalue weighted by Crippen LogP contribution is -1.84. The second-order valence-corrected chi connectivity index (χ2v) is 4.76. The molecule has 90 valence electrons. The minimum absolute atomic E-state index is 0.520. The number of anilines is 1. The van der Waals surface area contributed by atoms with Gasteiger partial charge in [0.15, 0.2) is 5.82 Å². The highest BCUT2D eigenvalue weighted by Crippen LogP contribution is 2.31. The quantitative estimate of drug-likeness (QED) is 0.697. The van der Waals surface area contributed by atoms with Crippen LogP contribution >= 0.6 is 11.6 Å². The molecule has 0 atom stereocenters. The molecule has 0 unspecified atom stereocenters. The fourth-order valence-corrected chi connectivity index (χ4v) is 2.30. The molecule has 3 N–H and O–H groups in total. The van der Waals surface area contributed by atoms with Crippen molar-refractivity contribution < 1.29 is 0 Å². The molecule has 18 heavy (non-hydrogen) atoms. The average molecular weight is 258 g/mol. The summed E-state index contributed by atoms with van der Waals surface area (Å²) in [6, 6.07) is 12.0. The van der Waals surface area contributed by atoms with Crippen molar-refractivity contribution in [2.24, 2.45) is 0 Å². The number of halogens is 1. The molecule has 0 aliphatic carbocycles. The van der Waals surface area contributed by atoms with Gasteiger partial charge in [0, 0.05) is 16.0 Å². The number of aromatic nitrogens is 2. The monoisotopic (exact) mass is 257 g/mol. The van der Waals surface area contributed by atoms with Gasteiger partial charge in [-0.25, -0.2) is 0 Å². The molecule has 0 aliphatic rings. The Bertz CT molecular complexity index is 731. The lowest BCUT2D eigenvalue weighted by Gasteiger charge is -2.06. The Morgan fingerprint density at radius 1 is 1.17 bits per heavy atom. The van der Waals surface area contributed by atoms with E-state index in [0.717, 1.165) is 27.1 Å². The Balaban J connectivity index is 2.22. The van der Waals surface area contributed by atoms with Crippen LogP contribution in [0, 0.1) is 6.92 Å². The molecule has 0 aliphatic heterocycles. The van der Waals surface area contributed by atoms with Crippen LogP contribution in [0.15, 0.2) is 36.4 Å². The summed E-state index contributed by atoms with van der Waals surface area (Å²) in [5.74, 6) is 0.520. The van der Waals surface area contributed by atoms with Gasteiger partial charge in [-0.2, -0.15) is 5.10 Å². The molecular weight excluding hydrogens is 246 g/mol. The summed E-state index contributed by atoms with van der Waals surface area (Å²) in [7, 11) is 0. The predicted molar refractivity (Wildman–Crippen MR) is 75.7 cm³/mol. The fourth-order valence-electron chi connectivity index (χ4n) is 2.07. The van der Waals surface area contributed by atoms with Crippen molar-refractivity contribution in [2.45, 2.75) is 6.92 Å². The summed E-state index contributed by atoms with van der Waals surface area (Å²) in [5, 5.41) is 8.58. The first kappa shape index (κ1) is 11.1. The van der Waals surface area contributed by atoms with Gasteiger partial charge in [-0.15, -0.1) is 0 Å². The number of aryl methyl sites for hydroxylation is 1.